The van der Waals surface area contributed by atoms with Gasteiger partial charge in [0.05, 0.1) is 47.0 Å². The molecule has 0 atom stereocenters. The smallest absolute Gasteiger partial charge is 0.335 e. The van der Waals surface area contributed by atoms with Crippen LogP contribution in [-0.4, -0.2) is 39.3 Å². The zero-order chi connectivity index (χ0) is 29.8. The van der Waals surface area contributed by atoms with Gasteiger partial charge in [-0.25, -0.2) is 22.9 Å². The van der Waals surface area contributed by atoms with Gasteiger partial charge in [0.1, 0.15) is 35.6 Å². The first-order chi connectivity index (χ1) is 20.3. The van der Waals surface area contributed by atoms with Gasteiger partial charge in [-0.1, -0.05) is 6.07 Å². The van der Waals surface area contributed by atoms with E-state index in [1.165, 1.54) is 49.7 Å². The van der Waals surface area contributed by atoms with Crippen LogP contribution in [0.15, 0.2) is 66.9 Å². The van der Waals surface area contributed by atoms with Crippen molar-refractivity contribution in [2.75, 3.05) is 13.7 Å². The number of aromatic nitrogens is 3. The zero-order valence-corrected chi connectivity index (χ0v) is 22.3. The molecule has 0 aliphatic rings. The lowest BCUT2D eigenvalue weighted by molar-refractivity contribution is 0.0697. The summed E-state index contributed by atoms with van der Waals surface area (Å²) in [4.78, 5) is 20.3. The highest BCUT2D eigenvalue weighted by Crippen LogP contribution is 2.29. The maximum Gasteiger partial charge on any atom is 0.335 e. The van der Waals surface area contributed by atoms with Gasteiger partial charge >= 0.3 is 5.97 Å². The number of imidazole rings is 1. The van der Waals surface area contributed by atoms with Crippen molar-refractivity contribution in [1.29, 1.82) is 5.26 Å². The van der Waals surface area contributed by atoms with Crippen LogP contribution in [0.3, 0.4) is 0 Å². The molecule has 0 aliphatic carbocycles. The van der Waals surface area contributed by atoms with Crippen LogP contribution in [0.5, 0.6) is 5.75 Å². The number of rotatable bonds is 10. The number of carboxylic acid groups (broad SMARTS) is 1. The zero-order valence-electron chi connectivity index (χ0n) is 22.3. The van der Waals surface area contributed by atoms with Gasteiger partial charge in [-0.15, -0.1) is 0 Å². The van der Waals surface area contributed by atoms with Crippen molar-refractivity contribution >= 4 is 17.0 Å². The molecule has 0 unspecified atom stereocenters. The summed E-state index contributed by atoms with van der Waals surface area (Å²) < 4.78 is 56.9. The Labute approximate surface area is 238 Å². The molecule has 2 aromatic heterocycles. The van der Waals surface area contributed by atoms with E-state index in [4.69, 9.17) is 14.7 Å². The number of pyridine rings is 1. The number of hydrogen-bond donors (Lipinski definition) is 1. The van der Waals surface area contributed by atoms with Gasteiger partial charge in [-0.05, 0) is 54.6 Å². The van der Waals surface area contributed by atoms with Crippen molar-refractivity contribution in [3.05, 3.63) is 113 Å². The summed E-state index contributed by atoms with van der Waals surface area (Å²) in [5.74, 6) is -2.31. The molecule has 8 nitrogen and oxygen atoms in total. The topological polar surface area (TPSA) is 110 Å². The Hall–Kier alpha value is -5.21. The van der Waals surface area contributed by atoms with Crippen molar-refractivity contribution in [1.82, 2.24) is 14.5 Å². The van der Waals surface area contributed by atoms with Crippen LogP contribution in [-0.2, 0) is 24.3 Å². The number of nitrogens with zero attached hydrogens (tertiary/aromatic N) is 4. The molecule has 42 heavy (non-hydrogen) atoms. The lowest BCUT2D eigenvalue weighted by Gasteiger charge is -2.12. The number of halogens is 3. The molecule has 0 saturated heterocycles. The number of hydrogen-bond acceptors (Lipinski definition) is 6. The third-order valence-corrected chi connectivity index (χ3v) is 6.66. The molecule has 0 aliphatic heterocycles. The molecule has 3 aromatic carbocycles. The summed E-state index contributed by atoms with van der Waals surface area (Å²) >= 11 is 0. The van der Waals surface area contributed by atoms with E-state index in [9.17, 15) is 18.7 Å². The average molecular weight is 573 g/mol. The van der Waals surface area contributed by atoms with Crippen molar-refractivity contribution in [2.45, 2.75) is 19.6 Å². The van der Waals surface area contributed by atoms with Crippen LogP contribution in [0.4, 0.5) is 13.2 Å². The fraction of sp³-hybridized carbons (Fsp3) is 0.161. The summed E-state index contributed by atoms with van der Waals surface area (Å²) in [5.41, 5.74) is 1.88. The lowest BCUT2D eigenvalue weighted by Crippen LogP contribution is -2.10. The first-order valence-corrected chi connectivity index (χ1v) is 12.7. The number of fused-ring (bicyclic) bond motifs is 1. The Bertz CT molecular complexity index is 1850. The minimum absolute atomic E-state index is 0.00526. The second-order valence-corrected chi connectivity index (χ2v) is 9.36. The molecule has 5 rings (SSSR count). The predicted molar refractivity (Wildman–Crippen MR) is 146 cm³/mol. The number of benzene rings is 3. The van der Waals surface area contributed by atoms with Crippen LogP contribution >= 0.6 is 0 Å². The van der Waals surface area contributed by atoms with Crippen LogP contribution in [0, 0.1) is 28.8 Å². The minimum atomic E-state index is -1.08. The molecule has 212 valence electrons. The van der Waals surface area contributed by atoms with Gasteiger partial charge in [-0.3, -0.25) is 4.98 Å². The second kappa shape index (κ2) is 12.1. The number of ether oxygens (including phenoxy) is 2. The lowest BCUT2D eigenvalue weighted by atomic mass is 10.1. The summed E-state index contributed by atoms with van der Waals surface area (Å²) in [6.07, 6.45) is 1.33. The molecular formula is C31H23F3N4O4. The van der Waals surface area contributed by atoms with E-state index < -0.39 is 23.4 Å². The summed E-state index contributed by atoms with van der Waals surface area (Å²) in [6, 6.07) is 15.5. The Kier molecular flexibility index (Phi) is 8.17. The SMILES string of the molecule is COCCn1c(Cc2ncc(-c3cc(OCc4ccc(C#N)cc4F)ccc3F)cc2F)nc2ccc(C(=O)O)cc21. The average Bonchev–Trinajstić information content (AvgIpc) is 3.33. The molecule has 0 amide bonds. The number of nitriles is 1. The summed E-state index contributed by atoms with van der Waals surface area (Å²) in [6.45, 7) is 0.516. The highest BCUT2D eigenvalue weighted by molar-refractivity contribution is 5.92. The maximum absolute atomic E-state index is 15.3. The molecule has 11 heteroatoms. The second-order valence-electron chi connectivity index (χ2n) is 9.36. The Balaban J connectivity index is 1.39. The fourth-order valence-corrected chi connectivity index (χ4v) is 4.48. The van der Waals surface area contributed by atoms with E-state index in [-0.39, 0.29) is 52.3 Å². The normalized spacial score (nSPS) is 11.0. The van der Waals surface area contributed by atoms with E-state index in [2.05, 4.69) is 9.97 Å². The molecule has 1 N–H and O–H groups in total. The van der Waals surface area contributed by atoms with Gasteiger partial charge in [0.15, 0.2) is 0 Å². The highest BCUT2D eigenvalue weighted by atomic mass is 19.1. The standard InChI is InChI=1S/C31H23F3N4O4/c1-41-9-8-38-29-12-19(31(39)40)4-7-27(29)37-30(38)14-28-26(34)11-21(16-36-28)23-13-22(5-6-24(23)32)42-17-20-3-2-18(15-35)10-25(20)33/h2-7,10-13,16H,8-9,14,17H2,1H3,(H,39,40). The van der Waals surface area contributed by atoms with Crippen molar-refractivity contribution in [3.8, 4) is 22.9 Å². The number of carboxylic acids is 1. The van der Waals surface area contributed by atoms with Crippen molar-refractivity contribution in [3.63, 3.8) is 0 Å². The summed E-state index contributed by atoms with van der Waals surface area (Å²) in [7, 11) is 1.53. The molecule has 0 radical (unpaired) electrons. The molecule has 0 bridgehead atoms. The number of methoxy groups -OCH3 is 1. The van der Waals surface area contributed by atoms with Crippen molar-refractivity contribution in [2.24, 2.45) is 0 Å². The Morgan fingerprint density at radius 1 is 1.02 bits per heavy atom. The van der Waals surface area contributed by atoms with E-state index in [0.29, 0.717) is 30.0 Å². The third kappa shape index (κ3) is 5.94. The molecule has 0 spiro atoms. The van der Waals surface area contributed by atoms with Gasteiger partial charge in [0.2, 0.25) is 0 Å². The minimum Gasteiger partial charge on any atom is -0.489 e. The first-order valence-electron chi connectivity index (χ1n) is 12.7. The monoisotopic (exact) mass is 572 g/mol. The van der Waals surface area contributed by atoms with Crippen LogP contribution in [0.25, 0.3) is 22.2 Å². The van der Waals surface area contributed by atoms with Crippen LogP contribution < -0.4 is 4.74 Å². The quantitative estimate of drug-likeness (QED) is 0.222. The van der Waals surface area contributed by atoms with E-state index in [1.807, 2.05) is 6.07 Å². The Morgan fingerprint density at radius 2 is 1.86 bits per heavy atom. The molecule has 0 fully saturated rings. The van der Waals surface area contributed by atoms with Crippen LogP contribution in [0.1, 0.15) is 33.0 Å². The van der Waals surface area contributed by atoms with Gasteiger partial charge in [0.25, 0.3) is 0 Å². The third-order valence-electron chi connectivity index (χ3n) is 6.66. The van der Waals surface area contributed by atoms with Gasteiger partial charge in [0, 0.05) is 36.5 Å². The summed E-state index contributed by atoms with van der Waals surface area (Å²) in [5, 5.41) is 18.3. The highest BCUT2D eigenvalue weighted by Gasteiger charge is 2.18. The van der Waals surface area contributed by atoms with E-state index >= 15 is 4.39 Å². The largest absolute Gasteiger partial charge is 0.489 e. The van der Waals surface area contributed by atoms with E-state index in [0.717, 1.165) is 18.2 Å². The van der Waals surface area contributed by atoms with Crippen molar-refractivity contribution < 1.29 is 32.5 Å². The van der Waals surface area contributed by atoms with Gasteiger partial charge < -0.3 is 19.1 Å². The molecule has 0 saturated carbocycles. The predicted octanol–water partition coefficient (Wildman–Crippen LogP) is 5.90. The first kappa shape index (κ1) is 28.3. The van der Waals surface area contributed by atoms with Gasteiger partial charge in [-0.2, -0.15) is 5.26 Å². The van der Waals surface area contributed by atoms with Crippen LogP contribution in [0.2, 0.25) is 0 Å². The number of carbonyl (C=O) groups is 1. The number of aromatic carboxylic acids is 1. The molecule has 2 heterocycles. The maximum atomic E-state index is 15.3. The molecular weight excluding hydrogens is 549 g/mol. The van der Waals surface area contributed by atoms with E-state index in [1.54, 1.807) is 10.6 Å². The molecule has 5 aromatic rings. The Morgan fingerprint density at radius 3 is 2.57 bits per heavy atom. The fourth-order valence-electron chi connectivity index (χ4n) is 4.48.